The van der Waals surface area contributed by atoms with Gasteiger partial charge in [0.2, 0.25) is 5.91 Å². The summed E-state index contributed by atoms with van der Waals surface area (Å²) in [6.45, 7) is 1.37. The molecule has 0 spiro atoms. The molecule has 3 aromatic rings. The first-order chi connectivity index (χ1) is 14.5. The van der Waals surface area contributed by atoms with Crippen molar-refractivity contribution in [2.24, 2.45) is 0 Å². The minimum atomic E-state index is 0. The van der Waals surface area contributed by atoms with Crippen LogP contribution in [0, 0.1) is 0 Å². The van der Waals surface area contributed by atoms with Gasteiger partial charge in [-0.05, 0) is 50.5 Å². The average Bonchev–Trinajstić information content (AvgIpc) is 3.18. The van der Waals surface area contributed by atoms with E-state index in [1.807, 2.05) is 56.6 Å². The summed E-state index contributed by atoms with van der Waals surface area (Å²) in [6, 6.07) is 13.7. The first-order valence-corrected chi connectivity index (χ1v) is 11.5. The van der Waals surface area contributed by atoms with E-state index in [1.54, 1.807) is 30.9 Å². The van der Waals surface area contributed by atoms with Crippen LogP contribution in [-0.2, 0) is 4.79 Å². The highest BCUT2D eigenvalue weighted by molar-refractivity contribution is 7.99. The van der Waals surface area contributed by atoms with Crippen molar-refractivity contribution in [1.29, 1.82) is 0 Å². The minimum Gasteiger partial charge on any atom is -0.497 e. The molecule has 0 unspecified atom stereocenters. The Labute approximate surface area is 197 Å². The molecule has 0 bridgehead atoms. The van der Waals surface area contributed by atoms with E-state index in [0.717, 1.165) is 38.3 Å². The van der Waals surface area contributed by atoms with Gasteiger partial charge in [0.25, 0.3) is 0 Å². The van der Waals surface area contributed by atoms with E-state index in [-0.39, 0.29) is 18.3 Å². The van der Waals surface area contributed by atoms with E-state index in [0.29, 0.717) is 18.7 Å². The van der Waals surface area contributed by atoms with E-state index < -0.39 is 0 Å². The van der Waals surface area contributed by atoms with E-state index in [2.05, 4.69) is 4.90 Å². The van der Waals surface area contributed by atoms with Crippen molar-refractivity contribution < 1.29 is 14.3 Å². The van der Waals surface area contributed by atoms with Gasteiger partial charge in [-0.25, -0.2) is 4.98 Å². The van der Waals surface area contributed by atoms with Crippen molar-refractivity contribution in [3.8, 4) is 11.5 Å². The molecule has 0 aliphatic heterocycles. The molecule has 0 radical (unpaired) electrons. The lowest BCUT2D eigenvalue weighted by Gasteiger charge is -2.22. The van der Waals surface area contributed by atoms with Crippen LogP contribution in [-0.4, -0.2) is 62.9 Å². The summed E-state index contributed by atoms with van der Waals surface area (Å²) in [5.41, 5.74) is 0.801. The molecule has 1 heterocycles. The smallest absolute Gasteiger partial charge is 0.229 e. The van der Waals surface area contributed by atoms with Gasteiger partial charge in [-0.2, -0.15) is 0 Å². The van der Waals surface area contributed by atoms with Gasteiger partial charge in [0.15, 0.2) is 5.13 Å². The van der Waals surface area contributed by atoms with Crippen LogP contribution >= 0.6 is 35.5 Å². The van der Waals surface area contributed by atoms with Crippen LogP contribution in [0.2, 0.25) is 0 Å². The number of hydrogen-bond acceptors (Lipinski definition) is 7. The average molecular weight is 482 g/mol. The summed E-state index contributed by atoms with van der Waals surface area (Å²) in [7, 11) is 7.30. The number of benzene rings is 2. The molecular formula is C22H28ClN3O3S2. The van der Waals surface area contributed by atoms with Crippen LogP contribution in [0.25, 0.3) is 10.2 Å². The van der Waals surface area contributed by atoms with Crippen molar-refractivity contribution >= 4 is 56.8 Å². The Morgan fingerprint density at radius 3 is 2.45 bits per heavy atom. The standard InChI is InChI=1S/C22H27N3O3S2.ClH/c1-24(2)13-14-25(22-23-21-18(28-4)6-5-7-19(21)30-22)20(26)12-15-29-17-10-8-16(27-3)9-11-17;/h5-11H,12-15H2,1-4H3;1H. The maximum absolute atomic E-state index is 13.1. The van der Waals surface area contributed by atoms with E-state index in [4.69, 9.17) is 14.5 Å². The number of aromatic nitrogens is 1. The Kier molecular flexibility index (Phi) is 9.90. The molecule has 2 aromatic carbocycles. The van der Waals surface area contributed by atoms with Gasteiger partial charge in [-0.3, -0.25) is 9.69 Å². The number of carbonyl (C=O) groups is 1. The van der Waals surface area contributed by atoms with Crippen LogP contribution in [0.4, 0.5) is 5.13 Å². The van der Waals surface area contributed by atoms with Gasteiger partial charge >= 0.3 is 0 Å². The highest BCUT2D eigenvalue weighted by Crippen LogP contribution is 2.34. The number of hydrogen-bond donors (Lipinski definition) is 0. The fraction of sp³-hybridized carbons (Fsp3) is 0.364. The molecule has 1 amide bonds. The van der Waals surface area contributed by atoms with Gasteiger partial charge in [-0.15, -0.1) is 24.2 Å². The largest absolute Gasteiger partial charge is 0.497 e. The number of amides is 1. The topological polar surface area (TPSA) is 54.9 Å². The van der Waals surface area contributed by atoms with Crippen LogP contribution in [0.5, 0.6) is 11.5 Å². The van der Waals surface area contributed by atoms with E-state index in [9.17, 15) is 4.79 Å². The number of fused-ring (bicyclic) bond motifs is 1. The quantitative estimate of drug-likeness (QED) is 0.387. The SMILES string of the molecule is COc1ccc(SCCC(=O)N(CCN(C)C)c2nc3c(OC)cccc3s2)cc1.Cl. The zero-order chi connectivity index (χ0) is 21.5. The van der Waals surface area contributed by atoms with Gasteiger partial charge in [0.05, 0.1) is 18.9 Å². The first-order valence-electron chi connectivity index (χ1n) is 9.67. The maximum atomic E-state index is 13.1. The minimum absolute atomic E-state index is 0. The van der Waals surface area contributed by atoms with Crippen molar-refractivity contribution in [1.82, 2.24) is 9.88 Å². The molecule has 0 fully saturated rings. The predicted octanol–water partition coefficient (Wildman–Crippen LogP) is 4.81. The first kappa shape index (κ1) is 25.3. The predicted molar refractivity (Wildman–Crippen MR) is 133 cm³/mol. The number of anilines is 1. The highest BCUT2D eigenvalue weighted by Gasteiger charge is 2.20. The Balaban J connectivity index is 0.00000341. The molecule has 0 atom stereocenters. The van der Waals surface area contributed by atoms with Gasteiger partial charge < -0.3 is 14.4 Å². The van der Waals surface area contributed by atoms with Crippen LogP contribution < -0.4 is 14.4 Å². The number of thioether (sulfide) groups is 1. The lowest BCUT2D eigenvalue weighted by Crippen LogP contribution is -2.36. The second kappa shape index (κ2) is 12.1. The molecule has 0 aliphatic carbocycles. The summed E-state index contributed by atoms with van der Waals surface area (Å²) < 4.78 is 11.6. The van der Waals surface area contributed by atoms with Crippen molar-refractivity contribution in [2.75, 3.05) is 52.1 Å². The van der Waals surface area contributed by atoms with Gasteiger partial charge in [0.1, 0.15) is 17.0 Å². The number of likely N-dealkylation sites (N-methyl/N-ethyl adjacent to an activating group) is 1. The molecule has 168 valence electrons. The molecule has 9 heteroatoms. The van der Waals surface area contributed by atoms with Crippen LogP contribution in [0.1, 0.15) is 6.42 Å². The molecular weight excluding hydrogens is 454 g/mol. The number of para-hydroxylation sites is 1. The Bertz CT molecular complexity index is 980. The lowest BCUT2D eigenvalue weighted by molar-refractivity contribution is -0.118. The zero-order valence-electron chi connectivity index (χ0n) is 18.2. The number of carbonyl (C=O) groups excluding carboxylic acids is 1. The number of halogens is 1. The fourth-order valence-electron chi connectivity index (χ4n) is 2.88. The highest BCUT2D eigenvalue weighted by atomic mass is 35.5. The lowest BCUT2D eigenvalue weighted by atomic mass is 10.3. The van der Waals surface area contributed by atoms with Gasteiger partial charge in [-0.1, -0.05) is 17.4 Å². The second-order valence-corrected chi connectivity index (χ2v) is 9.10. The van der Waals surface area contributed by atoms with Crippen molar-refractivity contribution in [3.63, 3.8) is 0 Å². The third-order valence-corrected chi connectivity index (χ3v) is 6.59. The number of thiazole rings is 1. The van der Waals surface area contributed by atoms with Crippen LogP contribution in [0.15, 0.2) is 47.4 Å². The molecule has 1 aromatic heterocycles. The Morgan fingerprint density at radius 2 is 1.81 bits per heavy atom. The fourth-order valence-corrected chi connectivity index (χ4v) is 4.75. The molecule has 0 aliphatic rings. The summed E-state index contributed by atoms with van der Waals surface area (Å²) in [5, 5.41) is 0.718. The zero-order valence-corrected chi connectivity index (χ0v) is 20.6. The monoisotopic (exact) mass is 481 g/mol. The summed E-state index contributed by atoms with van der Waals surface area (Å²) >= 11 is 3.19. The summed E-state index contributed by atoms with van der Waals surface area (Å²) in [5.74, 6) is 2.34. The second-order valence-electron chi connectivity index (χ2n) is 6.93. The number of rotatable bonds is 10. The van der Waals surface area contributed by atoms with Crippen molar-refractivity contribution in [3.05, 3.63) is 42.5 Å². The van der Waals surface area contributed by atoms with Crippen molar-refractivity contribution in [2.45, 2.75) is 11.3 Å². The van der Waals surface area contributed by atoms with Gasteiger partial charge in [0, 0.05) is 30.2 Å². The molecule has 0 saturated heterocycles. The Morgan fingerprint density at radius 1 is 1.06 bits per heavy atom. The third-order valence-electron chi connectivity index (χ3n) is 4.54. The molecule has 0 N–H and O–H groups in total. The van der Waals surface area contributed by atoms with E-state index >= 15 is 0 Å². The third kappa shape index (κ3) is 6.74. The number of ether oxygens (including phenoxy) is 2. The van der Waals surface area contributed by atoms with Crippen LogP contribution in [0.3, 0.4) is 0 Å². The molecule has 6 nitrogen and oxygen atoms in total. The molecule has 3 rings (SSSR count). The number of methoxy groups -OCH3 is 2. The van der Waals surface area contributed by atoms with E-state index in [1.165, 1.54) is 11.3 Å². The summed E-state index contributed by atoms with van der Waals surface area (Å²) in [4.78, 5) is 22.8. The molecule has 0 saturated carbocycles. The number of nitrogens with zero attached hydrogens (tertiary/aromatic N) is 3. The molecule has 31 heavy (non-hydrogen) atoms. The Hall–Kier alpha value is -2.00. The maximum Gasteiger partial charge on any atom is 0.229 e. The summed E-state index contributed by atoms with van der Waals surface area (Å²) in [6.07, 6.45) is 0.442. The normalized spacial score (nSPS) is 10.7.